The molecule has 0 fully saturated rings. The maximum absolute atomic E-state index is 5.29. The van der Waals surface area contributed by atoms with Gasteiger partial charge in [-0.3, -0.25) is 0 Å². The molecule has 0 radical (unpaired) electrons. The van der Waals surface area contributed by atoms with Gasteiger partial charge in [-0.1, -0.05) is 105 Å². The predicted octanol–water partition coefficient (Wildman–Crippen LogP) is 7.93. The first-order valence-electron chi connectivity index (χ1n) is 10.3. The highest BCUT2D eigenvalue weighted by atomic mass is 16.5. The van der Waals surface area contributed by atoms with Crippen molar-refractivity contribution < 1.29 is 4.74 Å². The molecule has 0 amide bonds. The van der Waals surface area contributed by atoms with Crippen molar-refractivity contribution in [2.24, 2.45) is 0 Å². The van der Waals surface area contributed by atoms with Crippen LogP contribution in [0.5, 0.6) is 5.75 Å². The summed E-state index contributed by atoms with van der Waals surface area (Å²) in [4.78, 5) is 0. The average Bonchev–Trinajstić information content (AvgIpc) is 2.73. The first-order valence-corrected chi connectivity index (χ1v) is 10.3. The Hall–Kier alpha value is -3.06. The van der Waals surface area contributed by atoms with E-state index in [4.69, 9.17) is 4.74 Å². The van der Waals surface area contributed by atoms with Crippen LogP contribution >= 0.6 is 0 Å². The van der Waals surface area contributed by atoms with Crippen molar-refractivity contribution >= 4 is 12.2 Å². The van der Waals surface area contributed by atoms with Gasteiger partial charge in [0.2, 0.25) is 0 Å². The van der Waals surface area contributed by atoms with Gasteiger partial charge in [0.25, 0.3) is 0 Å². The summed E-state index contributed by atoms with van der Waals surface area (Å²) >= 11 is 0. The molecule has 0 saturated heterocycles. The molecule has 0 aliphatic rings. The lowest BCUT2D eigenvalue weighted by molar-refractivity contribution is 0.340. The molecular formula is C28H32O. The smallest absolute Gasteiger partial charge is 0.119 e. The first kappa shape index (κ1) is 22.2. The van der Waals surface area contributed by atoms with Crippen LogP contribution in [-0.2, 0) is 0 Å². The van der Waals surface area contributed by atoms with Crippen molar-refractivity contribution in [2.75, 3.05) is 6.61 Å². The maximum Gasteiger partial charge on any atom is 0.119 e. The lowest BCUT2D eigenvalue weighted by Gasteiger charge is -2.04. The normalized spacial score (nSPS) is 10.9. The van der Waals surface area contributed by atoms with E-state index in [0.29, 0.717) is 5.92 Å². The molecule has 150 valence electrons. The molecule has 29 heavy (non-hydrogen) atoms. The summed E-state index contributed by atoms with van der Waals surface area (Å²) in [6.45, 7) is 9.22. The van der Waals surface area contributed by atoms with Crippen LogP contribution in [0.15, 0.2) is 91.0 Å². The third kappa shape index (κ3) is 8.66. The van der Waals surface area contributed by atoms with E-state index >= 15 is 0 Å². The Labute approximate surface area is 176 Å². The van der Waals surface area contributed by atoms with E-state index in [1.54, 1.807) is 0 Å². The van der Waals surface area contributed by atoms with E-state index in [0.717, 1.165) is 12.4 Å². The zero-order valence-electron chi connectivity index (χ0n) is 18.0. The second-order valence-electron chi connectivity index (χ2n) is 7.20. The minimum atomic E-state index is 0.594. The van der Waals surface area contributed by atoms with E-state index in [-0.39, 0.29) is 0 Å². The largest absolute Gasteiger partial charge is 0.494 e. The highest BCUT2D eigenvalue weighted by Crippen LogP contribution is 2.15. The fourth-order valence-electron chi connectivity index (χ4n) is 2.76. The number of rotatable bonds is 6. The number of allylic oxidation sites excluding steroid dienone is 2. The molecule has 3 rings (SSSR count). The van der Waals surface area contributed by atoms with E-state index < -0.39 is 0 Å². The van der Waals surface area contributed by atoms with Crippen LogP contribution in [0.3, 0.4) is 0 Å². The Kier molecular flexibility index (Phi) is 9.51. The Morgan fingerprint density at radius 3 is 1.93 bits per heavy atom. The second-order valence-corrected chi connectivity index (χ2v) is 7.20. The lowest BCUT2D eigenvalue weighted by Crippen LogP contribution is -1.90. The van der Waals surface area contributed by atoms with Crippen molar-refractivity contribution in [3.63, 3.8) is 0 Å². The summed E-state index contributed by atoms with van der Waals surface area (Å²) in [6, 6.07) is 27.1. The molecule has 0 bridgehead atoms. The minimum Gasteiger partial charge on any atom is -0.494 e. The molecule has 0 atom stereocenters. The van der Waals surface area contributed by atoms with Gasteiger partial charge in [-0.2, -0.15) is 0 Å². The van der Waals surface area contributed by atoms with E-state index in [1.807, 2.05) is 43.3 Å². The van der Waals surface area contributed by atoms with Gasteiger partial charge in [0.05, 0.1) is 6.61 Å². The third-order valence-corrected chi connectivity index (χ3v) is 4.39. The number of ether oxygens (including phenoxy) is 1. The molecule has 0 unspecified atom stereocenters. The standard InChI is InChI=1S/C19H20.C9H12O/c1-16(2)19-14-12-18(13-15-19)11-7-6-10-17-8-4-3-5-9-17;1-3-10-9-6-4-5-8(2)7-9/h3-16H,1-2H3;4-7H,3H2,1-2H3/b10-6+,11-7+;. The monoisotopic (exact) mass is 384 g/mol. The lowest BCUT2D eigenvalue weighted by atomic mass is 10.0. The molecule has 0 aromatic heterocycles. The summed E-state index contributed by atoms with van der Waals surface area (Å²) in [5, 5.41) is 0. The number of aryl methyl sites for hydroxylation is 1. The van der Waals surface area contributed by atoms with Crippen molar-refractivity contribution in [3.8, 4) is 5.75 Å². The second kappa shape index (κ2) is 12.4. The Balaban J connectivity index is 0.000000253. The summed E-state index contributed by atoms with van der Waals surface area (Å²) in [5.74, 6) is 1.55. The molecule has 1 nitrogen and oxygen atoms in total. The number of hydrogen-bond donors (Lipinski definition) is 0. The Bertz CT molecular complexity index is 887. The number of hydrogen-bond acceptors (Lipinski definition) is 1. The molecule has 0 aliphatic carbocycles. The van der Waals surface area contributed by atoms with Crippen LogP contribution in [0.1, 0.15) is 48.9 Å². The van der Waals surface area contributed by atoms with Gasteiger partial charge in [0.1, 0.15) is 5.75 Å². The molecule has 3 aromatic rings. The highest BCUT2D eigenvalue weighted by molar-refractivity contribution is 5.57. The van der Waals surface area contributed by atoms with Crippen LogP contribution in [-0.4, -0.2) is 6.61 Å². The fourth-order valence-corrected chi connectivity index (χ4v) is 2.76. The van der Waals surface area contributed by atoms with Gasteiger partial charge >= 0.3 is 0 Å². The van der Waals surface area contributed by atoms with E-state index in [1.165, 1.54) is 22.3 Å². The summed E-state index contributed by atoms with van der Waals surface area (Å²) in [7, 11) is 0. The average molecular weight is 385 g/mol. The highest BCUT2D eigenvalue weighted by Gasteiger charge is 1.96. The van der Waals surface area contributed by atoms with Crippen LogP contribution < -0.4 is 4.74 Å². The topological polar surface area (TPSA) is 9.23 Å². The van der Waals surface area contributed by atoms with Crippen LogP contribution in [0.25, 0.3) is 12.2 Å². The van der Waals surface area contributed by atoms with Gasteiger partial charge in [0, 0.05) is 0 Å². The number of benzene rings is 3. The first-order chi connectivity index (χ1) is 14.1. The predicted molar refractivity (Wildman–Crippen MR) is 127 cm³/mol. The van der Waals surface area contributed by atoms with Crippen LogP contribution in [0.4, 0.5) is 0 Å². The maximum atomic E-state index is 5.29. The van der Waals surface area contributed by atoms with Crippen LogP contribution in [0, 0.1) is 6.92 Å². The molecule has 0 aliphatic heterocycles. The van der Waals surface area contributed by atoms with Crippen molar-refractivity contribution in [1.82, 2.24) is 0 Å². The van der Waals surface area contributed by atoms with Gasteiger partial charge in [-0.15, -0.1) is 0 Å². The van der Waals surface area contributed by atoms with Gasteiger partial charge in [-0.25, -0.2) is 0 Å². The SMILES string of the molecule is CC(C)c1ccc(/C=C/C=C/c2ccccc2)cc1.CCOc1cccc(C)c1. The molecule has 0 saturated carbocycles. The zero-order chi connectivity index (χ0) is 20.9. The molecule has 0 heterocycles. The molecular weight excluding hydrogens is 352 g/mol. The molecule has 0 spiro atoms. The third-order valence-electron chi connectivity index (χ3n) is 4.39. The van der Waals surface area contributed by atoms with E-state index in [9.17, 15) is 0 Å². The molecule has 0 N–H and O–H groups in total. The van der Waals surface area contributed by atoms with Crippen molar-refractivity contribution in [1.29, 1.82) is 0 Å². The van der Waals surface area contributed by atoms with Crippen molar-refractivity contribution in [2.45, 2.75) is 33.6 Å². The minimum absolute atomic E-state index is 0.594. The molecule has 3 aromatic carbocycles. The molecule has 1 heteroatoms. The Morgan fingerprint density at radius 1 is 0.759 bits per heavy atom. The van der Waals surface area contributed by atoms with Crippen molar-refractivity contribution in [3.05, 3.63) is 113 Å². The fraction of sp³-hybridized carbons (Fsp3) is 0.214. The van der Waals surface area contributed by atoms with Gasteiger partial charge in [-0.05, 0) is 54.2 Å². The van der Waals surface area contributed by atoms with Crippen LogP contribution in [0.2, 0.25) is 0 Å². The van der Waals surface area contributed by atoms with Gasteiger partial charge in [0.15, 0.2) is 0 Å². The quantitative estimate of drug-likeness (QED) is 0.392. The zero-order valence-corrected chi connectivity index (χ0v) is 18.0. The summed E-state index contributed by atoms with van der Waals surface area (Å²) in [5.41, 5.74) is 5.09. The van der Waals surface area contributed by atoms with Gasteiger partial charge < -0.3 is 4.74 Å². The summed E-state index contributed by atoms with van der Waals surface area (Å²) < 4.78 is 5.29. The van der Waals surface area contributed by atoms with E-state index in [2.05, 4.69) is 87.5 Å². The summed E-state index contributed by atoms with van der Waals surface area (Å²) in [6.07, 6.45) is 8.39. The Morgan fingerprint density at radius 2 is 1.38 bits per heavy atom.